The van der Waals surface area contributed by atoms with Crippen LogP contribution in [0, 0.1) is 11.6 Å². The average Bonchev–Trinajstić information content (AvgIpc) is 2.64. The first-order valence-corrected chi connectivity index (χ1v) is 10.1. The van der Waals surface area contributed by atoms with E-state index in [1.54, 1.807) is 13.0 Å². The maximum absolute atomic E-state index is 13.5. The molecule has 1 heterocycles. The summed E-state index contributed by atoms with van der Waals surface area (Å²) in [6, 6.07) is 7.46. The molecule has 1 atom stereocenters. The zero-order valence-corrected chi connectivity index (χ0v) is 15.8. The SMILES string of the molecule is CC[C@@H](C)NS(=O)(=O)c1ccc2c(c1)C(=O)N(c1ccc(F)c(F)c1)CC2. The van der Waals surface area contributed by atoms with Crippen LogP contribution in [-0.4, -0.2) is 26.9 Å². The summed E-state index contributed by atoms with van der Waals surface area (Å²) in [5.41, 5.74) is 1.20. The Morgan fingerprint density at radius 2 is 1.89 bits per heavy atom. The van der Waals surface area contributed by atoms with Crippen molar-refractivity contribution < 1.29 is 22.0 Å². The van der Waals surface area contributed by atoms with Crippen molar-refractivity contribution in [2.75, 3.05) is 11.4 Å². The molecule has 0 aromatic heterocycles. The summed E-state index contributed by atoms with van der Waals surface area (Å²) in [6.07, 6.45) is 1.12. The van der Waals surface area contributed by atoms with Crippen molar-refractivity contribution in [2.45, 2.75) is 37.6 Å². The molecule has 144 valence electrons. The number of carbonyl (C=O) groups excluding carboxylic acids is 1. The molecule has 2 aromatic rings. The topological polar surface area (TPSA) is 66.5 Å². The van der Waals surface area contributed by atoms with Crippen LogP contribution in [0.3, 0.4) is 0 Å². The van der Waals surface area contributed by atoms with Crippen molar-refractivity contribution in [2.24, 2.45) is 0 Å². The fourth-order valence-corrected chi connectivity index (χ4v) is 4.29. The minimum atomic E-state index is -3.75. The monoisotopic (exact) mass is 394 g/mol. The zero-order valence-electron chi connectivity index (χ0n) is 15.0. The van der Waals surface area contributed by atoms with Crippen LogP contribution in [0.2, 0.25) is 0 Å². The number of anilines is 1. The first kappa shape index (κ1) is 19.4. The van der Waals surface area contributed by atoms with Crippen LogP contribution in [0.5, 0.6) is 0 Å². The normalized spacial score (nSPS) is 15.6. The molecule has 3 rings (SSSR count). The predicted molar refractivity (Wildman–Crippen MR) is 98.3 cm³/mol. The second-order valence-electron chi connectivity index (χ2n) is 6.55. The van der Waals surface area contributed by atoms with Gasteiger partial charge in [-0.1, -0.05) is 13.0 Å². The van der Waals surface area contributed by atoms with Gasteiger partial charge in [-0.25, -0.2) is 21.9 Å². The molecule has 0 spiro atoms. The molecule has 2 aromatic carbocycles. The van der Waals surface area contributed by atoms with Crippen molar-refractivity contribution in [3.05, 3.63) is 59.2 Å². The van der Waals surface area contributed by atoms with Crippen molar-refractivity contribution in [3.8, 4) is 0 Å². The minimum Gasteiger partial charge on any atom is -0.308 e. The van der Waals surface area contributed by atoms with Gasteiger partial charge in [-0.3, -0.25) is 4.79 Å². The van der Waals surface area contributed by atoms with Gasteiger partial charge < -0.3 is 4.90 Å². The number of halogens is 2. The zero-order chi connectivity index (χ0) is 19.8. The van der Waals surface area contributed by atoms with Crippen molar-refractivity contribution in [1.82, 2.24) is 4.72 Å². The third-order valence-corrected chi connectivity index (χ3v) is 6.24. The van der Waals surface area contributed by atoms with E-state index in [0.717, 1.165) is 17.7 Å². The third-order valence-electron chi connectivity index (χ3n) is 4.66. The molecule has 27 heavy (non-hydrogen) atoms. The molecule has 0 aliphatic carbocycles. The van der Waals surface area contributed by atoms with Gasteiger partial charge in [0.2, 0.25) is 10.0 Å². The summed E-state index contributed by atoms with van der Waals surface area (Å²) in [7, 11) is -3.75. The predicted octanol–water partition coefficient (Wildman–Crippen LogP) is 3.24. The van der Waals surface area contributed by atoms with Crippen LogP contribution in [0.25, 0.3) is 0 Å². The first-order valence-electron chi connectivity index (χ1n) is 8.65. The Hall–Kier alpha value is -2.32. The lowest BCUT2D eigenvalue weighted by atomic mass is 9.98. The summed E-state index contributed by atoms with van der Waals surface area (Å²) < 4.78 is 54.3. The number of nitrogens with zero attached hydrogens (tertiary/aromatic N) is 1. The number of hydrogen-bond acceptors (Lipinski definition) is 3. The highest BCUT2D eigenvalue weighted by molar-refractivity contribution is 7.89. The average molecular weight is 394 g/mol. The largest absolute Gasteiger partial charge is 0.308 e. The van der Waals surface area contributed by atoms with E-state index >= 15 is 0 Å². The standard InChI is InChI=1S/C19H20F2N2O3S/c1-3-12(2)22-27(25,26)15-6-4-13-8-9-23(19(24)16(13)11-15)14-5-7-17(20)18(21)10-14/h4-7,10-12,22H,3,8-9H2,1-2H3/t12-/m1/s1. The molecule has 1 aliphatic heterocycles. The molecule has 8 heteroatoms. The molecule has 0 bridgehead atoms. The fourth-order valence-electron chi connectivity index (χ4n) is 2.93. The maximum atomic E-state index is 13.5. The van der Waals surface area contributed by atoms with Crippen molar-refractivity contribution >= 4 is 21.6 Å². The number of nitrogens with one attached hydrogen (secondary N) is 1. The van der Waals surface area contributed by atoms with Crippen LogP contribution >= 0.6 is 0 Å². The number of carbonyl (C=O) groups is 1. The summed E-state index contributed by atoms with van der Waals surface area (Å²) in [6.45, 7) is 3.92. The lowest BCUT2D eigenvalue weighted by molar-refractivity contribution is 0.0980. The smallest absolute Gasteiger partial charge is 0.258 e. The highest BCUT2D eigenvalue weighted by atomic mass is 32.2. The van der Waals surface area contributed by atoms with Gasteiger partial charge in [-0.15, -0.1) is 0 Å². The van der Waals surface area contributed by atoms with Gasteiger partial charge in [0.15, 0.2) is 11.6 Å². The molecular formula is C19H20F2N2O3S. The van der Waals surface area contributed by atoms with E-state index in [2.05, 4.69) is 4.72 Å². The van der Waals surface area contributed by atoms with E-state index in [9.17, 15) is 22.0 Å². The van der Waals surface area contributed by atoms with Gasteiger partial charge in [-0.2, -0.15) is 0 Å². The van der Waals surface area contributed by atoms with Crippen LogP contribution in [-0.2, 0) is 16.4 Å². The Kier molecular flexibility index (Phi) is 5.30. The van der Waals surface area contributed by atoms with Gasteiger partial charge in [0.1, 0.15) is 0 Å². The molecule has 0 fully saturated rings. The van der Waals surface area contributed by atoms with Gasteiger partial charge in [-0.05, 0) is 49.6 Å². The number of sulfonamides is 1. The Bertz CT molecular complexity index is 992. The quantitative estimate of drug-likeness (QED) is 0.847. The van der Waals surface area contributed by atoms with Gasteiger partial charge >= 0.3 is 0 Å². The van der Waals surface area contributed by atoms with Crippen LogP contribution in [0.1, 0.15) is 36.2 Å². The lowest BCUT2D eigenvalue weighted by Crippen LogP contribution is -2.38. The van der Waals surface area contributed by atoms with Crippen molar-refractivity contribution in [3.63, 3.8) is 0 Å². The number of amides is 1. The fraction of sp³-hybridized carbons (Fsp3) is 0.316. The van der Waals surface area contributed by atoms with E-state index in [1.807, 2.05) is 6.92 Å². The number of fused-ring (bicyclic) bond motifs is 1. The molecule has 1 amide bonds. The second-order valence-corrected chi connectivity index (χ2v) is 8.27. The number of hydrogen-bond donors (Lipinski definition) is 1. The van der Waals surface area contributed by atoms with Gasteiger partial charge in [0.05, 0.1) is 4.90 Å². The second kappa shape index (κ2) is 7.36. The Morgan fingerprint density at radius 3 is 2.56 bits per heavy atom. The van der Waals surface area contributed by atoms with E-state index in [0.29, 0.717) is 19.4 Å². The Labute approximate surface area is 157 Å². The van der Waals surface area contributed by atoms with Crippen LogP contribution in [0.15, 0.2) is 41.3 Å². The van der Waals surface area contributed by atoms with E-state index in [-0.39, 0.29) is 22.2 Å². The third kappa shape index (κ3) is 3.86. The Balaban J connectivity index is 1.96. The summed E-state index contributed by atoms with van der Waals surface area (Å²) in [5, 5.41) is 0. The summed E-state index contributed by atoms with van der Waals surface area (Å²) in [4.78, 5) is 14.2. The number of rotatable bonds is 5. The highest BCUT2D eigenvalue weighted by Gasteiger charge is 2.28. The molecule has 0 unspecified atom stereocenters. The minimum absolute atomic E-state index is 0.00189. The Morgan fingerprint density at radius 1 is 1.15 bits per heavy atom. The molecule has 0 radical (unpaired) electrons. The van der Waals surface area contributed by atoms with E-state index < -0.39 is 27.6 Å². The molecule has 1 N–H and O–H groups in total. The van der Waals surface area contributed by atoms with E-state index in [4.69, 9.17) is 0 Å². The van der Waals surface area contributed by atoms with Gasteiger partial charge in [0.25, 0.3) is 5.91 Å². The van der Waals surface area contributed by atoms with Crippen molar-refractivity contribution in [1.29, 1.82) is 0 Å². The van der Waals surface area contributed by atoms with Gasteiger partial charge in [0, 0.05) is 29.9 Å². The summed E-state index contributed by atoms with van der Waals surface area (Å²) >= 11 is 0. The molecule has 5 nitrogen and oxygen atoms in total. The molecule has 0 saturated carbocycles. The van der Waals surface area contributed by atoms with Crippen LogP contribution in [0.4, 0.5) is 14.5 Å². The summed E-state index contributed by atoms with van der Waals surface area (Å²) in [5.74, 6) is -2.48. The molecule has 0 saturated heterocycles. The molecule has 1 aliphatic rings. The lowest BCUT2D eigenvalue weighted by Gasteiger charge is -2.29. The maximum Gasteiger partial charge on any atom is 0.258 e. The highest BCUT2D eigenvalue weighted by Crippen LogP contribution is 2.27. The molecular weight excluding hydrogens is 374 g/mol. The van der Waals surface area contributed by atoms with E-state index in [1.165, 1.54) is 23.1 Å². The number of benzene rings is 2. The first-order chi connectivity index (χ1) is 12.7. The van der Waals surface area contributed by atoms with Crippen LogP contribution < -0.4 is 9.62 Å².